The molecule has 4 heteroatoms. The number of nitrogens with two attached hydrogens (primary N) is 3. The fraction of sp³-hybridized carbons (Fsp3) is 0.0400. The van der Waals surface area contributed by atoms with Crippen LogP contribution in [0.3, 0.4) is 0 Å². The second-order valence-corrected chi connectivity index (χ2v) is 8.15. The molecule has 142 valence electrons. The number of fused-ring (bicyclic) bond motifs is 3. The Hall–Kier alpha value is -3.29. The first-order chi connectivity index (χ1) is 14.0. The highest BCUT2D eigenvalue weighted by molar-refractivity contribution is 7.28. The van der Waals surface area contributed by atoms with Crippen molar-refractivity contribution < 1.29 is 0 Å². The van der Waals surface area contributed by atoms with Crippen molar-refractivity contribution in [2.24, 2.45) is 0 Å². The zero-order chi connectivity index (χ0) is 20.2. The molecule has 1 aliphatic carbocycles. The maximum absolute atomic E-state index is 6.35. The molecule has 3 nitrogen and oxygen atoms in total. The van der Waals surface area contributed by atoms with E-state index in [1.54, 1.807) is 0 Å². The van der Waals surface area contributed by atoms with E-state index in [-0.39, 0.29) is 0 Å². The van der Waals surface area contributed by atoms with Gasteiger partial charge in [0.15, 0.2) is 0 Å². The normalized spacial score (nSPS) is 13.7. The van der Waals surface area contributed by atoms with Crippen LogP contribution in [0.4, 0.5) is 17.1 Å². The summed E-state index contributed by atoms with van der Waals surface area (Å²) in [5, 5.41) is 0.986. The van der Waals surface area contributed by atoms with Gasteiger partial charge < -0.3 is 17.2 Å². The van der Waals surface area contributed by atoms with Crippen molar-refractivity contribution >= 4 is 31.6 Å². The van der Waals surface area contributed by atoms with Crippen LogP contribution in [0, 0.1) is 0 Å². The fourth-order valence-corrected chi connectivity index (χ4v) is 4.82. The van der Waals surface area contributed by atoms with Crippen molar-refractivity contribution in [3.8, 4) is 11.1 Å². The Labute approximate surface area is 172 Å². The molecule has 0 amide bonds. The van der Waals surface area contributed by atoms with Gasteiger partial charge >= 0.3 is 0 Å². The highest BCUT2D eigenvalue weighted by Gasteiger charge is 2.46. The van der Waals surface area contributed by atoms with Gasteiger partial charge in [0.25, 0.3) is 0 Å². The number of benzene rings is 4. The first-order valence-electron chi connectivity index (χ1n) is 9.54. The Morgan fingerprint density at radius 1 is 0.552 bits per heavy atom. The molecule has 29 heavy (non-hydrogen) atoms. The lowest BCUT2D eigenvalue weighted by atomic mass is 9.67. The summed E-state index contributed by atoms with van der Waals surface area (Å²) >= 11 is 0. The van der Waals surface area contributed by atoms with Crippen LogP contribution >= 0.6 is 9.24 Å². The molecule has 1 aliphatic rings. The number of anilines is 3. The summed E-state index contributed by atoms with van der Waals surface area (Å²) < 4.78 is 0. The molecule has 1 atom stereocenters. The quantitative estimate of drug-likeness (QED) is 0.308. The van der Waals surface area contributed by atoms with Crippen LogP contribution < -0.4 is 22.5 Å². The molecule has 1 unspecified atom stereocenters. The van der Waals surface area contributed by atoms with Crippen molar-refractivity contribution in [2.45, 2.75) is 5.41 Å². The predicted molar refractivity (Wildman–Crippen MR) is 126 cm³/mol. The van der Waals surface area contributed by atoms with Gasteiger partial charge in [-0.3, -0.25) is 0 Å². The van der Waals surface area contributed by atoms with Crippen LogP contribution in [0.25, 0.3) is 11.1 Å². The van der Waals surface area contributed by atoms with E-state index in [2.05, 4.69) is 82.0 Å². The van der Waals surface area contributed by atoms with E-state index >= 15 is 0 Å². The molecule has 0 spiro atoms. The Bertz CT molecular complexity index is 1160. The molecule has 4 aromatic rings. The molecule has 5 rings (SSSR count). The molecular weight excluding hydrogens is 373 g/mol. The largest absolute Gasteiger partial charge is 0.398 e. The summed E-state index contributed by atoms with van der Waals surface area (Å²) in [6.45, 7) is 0. The van der Waals surface area contributed by atoms with E-state index in [1.807, 2.05) is 12.1 Å². The van der Waals surface area contributed by atoms with E-state index in [4.69, 9.17) is 17.2 Å². The summed E-state index contributed by atoms with van der Waals surface area (Å²) in [6.07, 6.45) is 0. The number of nitrogen functional groups attached to an aromatic ring is 3. The maximum atomic E-state index is 6.35. The average molecular weight is 395 g/mol. The van der Waals surface area contributed by atoms with Crippen molar-refractivity contribution in [1.29, 1.82) is 0 Å². The Morgan fingerprint density at radius 3 is 1.62 bits per heavy atom. The first kappa shape index (κ1) is 17.8. The molecule has 0 aliphatic heterocycles. The van der Waals surface area contributed by atoms with E-state index in [0.717, 1.165) is 22.1 Å². The first-order valence-corrected chi connectivity index (χ1v) is 10.1. The molecule has 0 aromatic heterocycles. The van der Waals surface area contributed by atoms with E-state index in [0.29, 0.717) is 11.4 Å². The third-order valence-electron chi connectivity index (χ3n) is 5.99. The summed E-state index contributed by atoms with van der Waals surface area (Å²) in [4.78, 5) is 0. The van der Waals surface area contributed by atoms with Gasteiger partial charge in [0.1, 0.15) is 0 Å². The summed E-state index contributed by atoms with van der Waals surface area (Å²) in [5.74, 6) is 0. The highest BCUT2D eigenvalue weighted by Crippen LogP contribution is 2.56. The molecule has 0 heterocycles. The van der Waals surface area contributed by atoms with Gasteiger partial charge in [0.2, 0.25) is 0 Å². The van der Waals surface area contributed by atoms with Gasteiger partial charge in [0.05, 0.1) is 16.8 Å². The topological polar surface area (TPSA) is 78.1 Å². The van der Waals surface area contributed by atoms with Gasteiger partial charge in [0, 0.05) is 5.69 Å². The van der Waals surface area contributed by atoms with Crippen LogP contribution in [-0.4, -0.2) is 0 Å². The number of hydrogen-bond donors (Lipinski definition) is 3. The lowest BCUT2D eigenvalue weighted by Crippen LogP contribution is -2.29. The average Bonchev–Trinajstić information content (AvgIpc) is 3.04. The van der Waals surface area contributed by atoms with Crippen LogP contribution in [0.5, 0.6) is 0 Å². The Kier molecular flexibility index (Phi) is 3.90. The van der Waals surface area contributed by atoms with E-state index in [1.165, 1.54) is 22.3 Å². The van der Waals surface area contributed by atoms with Crippen molar-refractivity contribution in [2.75, 3.05) is 17.2 Å². The maximum Gasteiger partial charge on any atom is 0.0715 e. The van der Waals surface area contributed by atoms with Crippen molar-refractivity contribution in [3.63, 3.8) is 0 Å². The number of rotatable bonds is 2. The van der Waals surface area contributed by atoms with Crippen LogP contribution in [0.1, 0.15) is 22.3 Å². The number of hydrogen-bond acceptors (Lipinski definition) is 3. The van der Waals surface area contributed by atoms with Crippen LogP contribution in [0.15, 0.2) is 84.9 Å². The van der Waals surface area contributed by atoms with E-state index < -0.39 is 5.41 Å². The highest BCUT2D eigenvalue weighted by atomic mass is 31.0. The van der Waals surface area contributed by atoms with Gasteiger partial charge in [-0.1, -0.05) is 66.7 Å². The van der Waals surface area contributed by atoms with Gasteiger partial charge in [-0.05, 0) is 56.9 Å². The van der Waals surface area contributed by atoms with Gasteiger partial charge in [-0.15, -0.1) is 9.24 Å². The SMILES string of the molecule is Nc1ccc(C2(c3ccc(P)c(N)c3)c3ccccc3-c3ccccc32)cc1N. The third kappa shape index (κ3) is 2.41. The predicted octanol–water partition coefficient (Wildman–Crippen LogP) is 4.30. The minimum Gasteiger partial charge on any atom is -0.398 e. The molecule has 0 saturated carbocycles. The van der Waals surface area contributed by atoms with Crippen molar-refractivity contribution in [1.82, 2.24) is 0 Å². The second kappa shape index (κ2) is 6.37. The zero-order valence-corrected chi connectivity index (χ0v) is 17.0. The Morgan fingerprint density at radius 2 is 1.07 bits per heavy atom. The van der Waals surface area contributed by atoms with Crippen LogP contribution in [0.2, 0.25) is 0 Å². The second-order valence-electron chi connectivity index (χ2n) is 7.53. The van der Waals surface area contributed by atoms with Crippen molar-refractivity contribution in [3.05, 3.63) is 107 Å². The van der Waals surface area contributed by atoms with Gasteiger partial charge in [-0.25, -0.2) is 0 Å². The summed E-state index contributed by atoms with van der Waals surface area (Å²) in [5.41, 5.74) is 27.2. The molecule has 6 N–H and O–H groups in total. The molecule has 0 bridgehead atoms. The molecule has 0 radical (unpaired) electrons. The Balaban J connectivity index is 1.97. The summed E-state index contributed by atoms with van der Waals surface area (Å²) in [7, 11) is 2.70. The minimum absolute atomic E-state index is 0.512. The van der Waals surface area contributed by atoms with Crippen LogP contribution in [-0.2, 0) is 5.41 Å². The summed E-state index contributed by atoms with van der Waals surface area (Å²) in [6, 6.07) is 29.4. The fourth-order valence-electron chi connectivity index (χ4n) is 4.64. The molecule has 4 aromatic carbocycles. The minimum atomic E-state index is -0.512. The molecular formula is C25H22N3P. The monoisotopic (exact) mass is 395 g/mol. The molecule has 0 saturated heterocycles. The zero-order valence-electron chi connectivity index (χ0n) is 15.9. The smallest absolute Gasteiger partial charge is 0.0715 e. The third-order valence-corrected chi connectivity index (χ3v) is 6.52. The molecule has 0 fully saturated rings. The van der Waals surface area contributed by atoms with Gasteiger partial charge in [-0.2, -0.15) is 0 Å². The lowest BCUT2D eigenvalue weighted by molar-refractivity contribution is 0.770. The lowest BCUT2D eigenvalue weighted by Gasteiger charge is -2.34. The van der Waals surface area contributed by atoms with E-state index in [9.17, 15) is 0 Å². The standard InChI is InChI=1S/C25H22N3P/c26-21-11-9-15(13-22(21)27)25(16-10-12-24(29)23(28)14-16)19-7-3-1-5-17(19)18-6-2-4-8-20(18)25/h1-14H,26-29H2.